The molecular weight excluding hydrogens is 1210 g/mol. The van der Waals surface area contributed by atoms with E-state index < -0.39 is 0 Å². The minimum absolute atomic E-state index is 0.0864. The lowest BCUT2D eigenvalue weighted by Gasteiger charge is -2.28. The summed E-state index contributed by atoms with van der Waals surface area (Å²) in [6.45, 7) is 9.39. The quantitative estimate of drug-likeness (QED) is 0.129. The zero-order chi connectivity index (χ0) is 67.2. The average molecular weight is 1290 g/mol. The van der Waals surface area contributed by atoms with Crippen LogP contribution in [-0.4, -0.2) is 18.7 Å². The fraction of sp³-hybridized carbons (Fsp3) is 0.0745. The minimum atomic E-state index is -0.0937. The van der Waals surface area contributed by atoms with Crippen LogP contribution >= 0.6 is 0 Å². The molecule has 0 fully saturated rings. The smallest absolute Gasteiger partial charge is 0.0701 e. The molecule has 478 valence electrons. The summed E-state index contributed by atoms with van der Waals surface area (Å²) < 4.78 is 6.84. The maximum Gasteiger partial charge on any atom is 0.0701 e. The minimum Gasteiger partial charge on any atom is -0.357 e. The van der Waals surface area contributed by atoms with Crippen LogP contribution in [-0.2, 0) is 17.9 Å². The molecule has 0 unspecified atom stereocenters. The fourth-order valence-electron chi connectivity index (χ4n) is 16.1. The molecule has 6 nitrogen and oxygen atoms in total. The van der Waals surface area contributed by atoms with Gasteiger partial charge in [-0.25, -0.2) is 0 Å². The first kappa shape index (κ1) is 59.9. The molecule has 100 heavy (non-hydrogen) atoms. The third-order valence-electron chi connectivity index (χ3n) is 21.1. The first-order valence-electron chi connectivity index (χ1n) is 34.6. The van der Waals surface area contributed by atoms with Crippen LogP contribution in [0.2, 0.25) is 0 Å². The van der Waals surface area contributed by atoms with Gasteiger partial charge in [-0.2, -0.15) is 0 Å². The molecule has 0 bridgehead atoms. The Bertz CT molecular complexity index is 5960. The largest absolute Gasteiger partial charge is 0.357 e. The average Bonchev–Trinajstić information content (AvgIpc) is 1.58. The molecule has 0 atom stereocenters. The van der Waals surface area contributed by atoms with Crippen molar-refractivity contribution in [2.45, 2.75) is 38.5 Å². The number of hydrogen-bond acceptors (Lipinski definition) is 3. The first-order chi connectivity index (χ1) is 49.0. The molecule has 0 aliphatic heterocycles. The second kappa shape index (κ2) is 23.9. The van der Waals surface area contributed by atoms with Crippen LogP contribution in [0.3, 0.4) is 0 Å². The van der Waals surface area contributed by atoms with Crippen molar-refractivity contribution in [2.75, 3.05) is 9.80 Å². The van der Waals surface area contributed by atoms with Gasteiger partial charge in [-0.3, -0.25) is 4.98 Å². The van der Waals surface area contributed by atoms with Gasteiger partial charge in [-0.05, 0) is 212 Å². The topological polar surface area (TPSA) is 34.2 Å². The van der Waals surface area contributed by atoms with E-state index in [1.165, 1.54) is 116 Å². The number of benzene rings is 13. The zero-order valence-electron chi connectivity index (χ0n) is 56.6. The molecule has 0 saturated heterocycles. The zero-order valence-corrected chi connectivity index (χ0v) is 56.6. The number of anilines is 6. The van der Waals surface area contributed by atoms with Gasteiger partial charge in [0.2, 0.25) is 0 Å². The Hall–Kier alpha value is -12.5. The molecule has 4 aromatic heterocycles. The highest BCUT2D eigenvalue weighted by Gasteiger charge is 2.37. The van der Waals surface area contributed by atoms with Gasteiger partial charge in [-0.15, -0.1) is 0 Å². The van der Waals surface area contributed by atoms with E-state index in [9.17, 15) is 0 Å². The molecule has 0 radical (unpaired) electrons. The molecule has 17 aromatic rings. The van der Waals surface area contributed by atoms with Crippen molar-refractivity contribution in [3.05, 3.63) is 368 Å². The first-order valence-corrected chi connectivity index (χ1v) is 34.6. The van der Waals surface area contributed by atoms with Gasteiger partial charge >= 0.3 is 0 Å². The van der Waals surface area contributed by atoms with Crippen molar-refractivity contribution < 1.29 is 0 Å². The van der Waals surface area contributed by atoms with Gasteiger partial charge in [0.05, 0.1) is 27.8 Å². The van der Waals surface area contributed by atoms with Crippen molar-refractivity contribution in [1.29, 1.82) is 0 Å². The summed E-state index contributed by atoms with van der Waals surface area (Å²) in [7, 11) is 2.07. The summed E-state index contributed by atoms with van der Waals surface area (Å²) in [5.41, 5.74) is 31.4. The highest BCUT2D eigenvalue weighted by molar-refractivity contribution is 6.12. The van der Waals surface area contributed by atoms with Crippen molar-refractivity contribution in [3.63, 3.8) is 0 Å². The Labute approximate surface area is 583 Å². The van der Waals surface area contributed by atoms with Crippen LogP contribution in [0.15, 0.2) is 346 Å². The van der Waals surface area contributed by atoms with E-state index in [1.807, 2.05) is 18.3 Å². The van der Waals surface area contributed by atoms with Gasteiger partial charge < -0.3 is 23.5 Å². The van der Waals surface area contributed by atoms with E-state index in [1.54, 1.807) is 0 Å². The molecule has 0 spiro atoms. The maximum absolute atomic E-state index is 4.59. The number of hydrogen-bond donors (Lipinski definition) is 0. The van der Waals surface area contributed by atoms with Crippen LogP contribution in [0.25, 0.3) is 111 Å². The number of pyridine rings is 1. The number of fused-ring (bicyclic) bond motifs is 12. The third kappa shape index (κ3) is 10.0. The number of rotatable bonds is 11. The predicted molar refractivity (Wildman–Crippen MR) is 419 cm³/mol. The van der Waals surface area contributed by atoms with E-state index in [2.05, 4.69) is 391 Å². The van der Waals surface area contributed by atoms with Crippen LogP contribution in [0.1, 0.15) is 49.9 Å². The second-order valence-corrected chi connectivity index (χ2v) is 27.7. The summed E-state index contributed by atoms with van der Waals surface area (Å²) >= 11 is 0. The predicted octanol–water partition coefficient (Wildman–Crippen LogP) is 24.9. The van der Waals surface area contributed by atoms with E-state index >= 15 is 0 Å². The van der Waals surface area contributed by atoms with Gasteiger partial charge in [0.25, 0.3) is 0 Å². The molecule has 19 rings (SSSR count). The molecule has 6 heteroatoms. The highest BCUT2D eigenvalue weighted by atomic mass is 15.1. The van der Waals surface area contributed by atoms with Gasteiger partial charge in [0.15, 0.2) is 0 Å². The van der Waals surface area contributed by atoms with Gasteiger partial charge in [-0.1, -0.05) is 210 Å². The Morgan fingerprint density at radius 1 is 0.280 bits per heavy atom. The standard InChI is InChI=1S/C50H39N3.C44H33N3/c1-50(2)46-15-9-7-13-42(46)43-27-26-41(32-47(43)50)52(40-24-19-35(20-25-40)37-29-30-51(3)33-37)39-22-17-34(18-23-39)36-21-28-49-45(31-36)44-14-8-10-16-48(44)53(49)38-11-5-4-6-12-38;1-44(2)39-16-8-6-14-35(39)36-25-23-34(29-40(36)44)46(32-21-19-30(20-22-32)41-17-10-11-27-45-41)33-24-26-43-38(28-33)37-15-7-9-18-42(37)47(43)31-12-4-3-5-13-31/h4-33H,1-3H3;3-29H,1-2H3. The summed E-state index contributed by atoms with van der Waals surface area (Å²) in [5, 5.41) is 4.99. The van der Waals surface area contributed by atoms with Crippen LogP contribution in [0.4, 0.5) is 34.1 Å². The van der Waals surface area contributed by atoms with Crippen LogP contribution in [0.5, 0.6) is 0 Å². The SMILES string of the molecule is CC1(C)c2ccccc2-c2ccc(N(c3ccc(-c4ccccn4)cc3)c3ccc4c(c3)c3ccccc3n4-c3ccccc3)cc21.Cn1ccc(-c2ccc(N(c3ccc(-c4ccc5c(c4)c4ccccc4n5-c4ccccc4)cc3)c3ccc4c(c3)C(C)(C)c3ccccc3-4)cc2)c1. The maximum atomic E-state index is 4.59. The van der Waals surface area contributed by atoms with E-state index in [0.29, 0.717) is 0 Å². The Balaban J connectivity index is 0.000000145. The number of aryl methyl sites for hydroxylation is 1. The fourth-order valence-corrected chi connectivity index (χ4v) is 16.1. The van der Waals surface area contributed by atoms with Crippen LogP contribution < -0.4 is 9.80 Å². The normalized spacial score (nSPS) is 13.0. The van der Waals surface area contributed by atoms with E-state index in [0.717, 1.165) is 51.1 Å². The van der Waals surface area contributed by atoms with Crippen molar-refractivity contribution in [1.82, 2.24) is 18.7 Å². The monoisotopic (exact) mass is 1280 g/mol. The molecular formula is C94H72N6. The Morgan fingerprint density at radius 2 is 0.670 bits per heavy atom. The molecule has 0 N–H and O–H groups in total. The van der Waals surface area contributed by atoms with Gasteiger partial charge in [0, 0.05) is 109 Å². The number of para-hydroxylation sites is 4. The van der Waals surface area contributed by atoms with Crippen molar-refractivity contribution in [2.24, 2.45) is 7.05 Å². The van der Waals surface area contributed by atoms with Crippen LogP contribution in [0, 0.1) is 0 Å². The molecule has 2 aliphatic carbocycles. The Morgan fingerprint density at radius 3 is 1.18 bits per heavy atom. The molecule has 4 heterocycles. The lowest BCUT2D eigenvalue weighted by atomic mass is 9.82. The van der Waals surface area contributed by atoms with Crippen molar-refractivity contribution in [3.8, 4) is 67.1 Å². The number of nitrogens with zero attached hydrogens (tertiary/aromatic N) is 6. The van der Waals surface area contributed by atoms with Gasteiger partial charge in [0.1, 0.15) is 0 Å². The third-order valence-corrected chi connectivity index (χ3v) is 21.1. The highest BCUT2D eigenvalue weighted by Crippen LogP contribution is 2.53. The summed E-state index contributed by atoms with van der Waals surface area (Å²) in [4.78, 5) is 9.39. The van der Waals surface area contributed by atoms with E-state index in [4.69, 9.17) is 0 Å². The Kier molecular flexibility index (Phi) is 14.4. The molecule has 2 aliphatic rings. The van der Waals surface area contributed by atoms with Crippen molar-refractivity contribution >= 4 is 77.7 Å². The summed E-state index contributed by atoms with van der Waals surface area (Å²) in [5.74, 6) is 0. The number of aromatic nitrogens is 4. The summed E-state index contributed by atoms with van der Waals surface area (Å²) in [6, 6.07) is 119. The lowest BCUT2D eigenvalue weighted by Crippen LogP contribution is -2.16. The lowest BCUT2D eigenvalue weighted by molar-refractivity contribution is 0.660. The summed E-state index contributed by atoms with van der Waals surface area (Å²) in [6.07, 6.45) is 6.12. The molecule has 13 aromatic carbocycles. The van der Waals surface area contributed by atoms with E-state index in [-0.39, 0.29) is 10.8 Å². The molecule has 0 saturated carbocycles. The molecule has 0 amide bonds. The second-order valence-electron chi connectivity index (χ2n) is 27.7.